The van der Waals surface area contributed by atoms with Gasteiger partial charge in [-0.25, -0.2) is 4.39 Å². The van der Waals surface area contributed by atoms with Gasteiger partial charge in [-0.1, -0.05) is 30.5 Å². The van der Waals surface area contributed by atoms with Gasteiger partial charge in [0.05, 0.1) is 5.02 Å². The fourth-order valence-electron chi connectivity index (χ4n) is 3.56. The molecule has 1 aromatic rings. The molecule has 2 rings (SSSR count). The van der Waals surface area contributed by atoms with Crippen LogP contribution in [-0.2, 0) is 6.42 Å². The number of hydrogen-bond donors (Lipinski definition) is 1. The summed E-state index contributed by atoms with van der Waals surface area (Å²) in [5.41, 5.74) is 1.28. The van der Waals surface area contributed by atoms with Crippen LogP contribution in [0.15, 0.2) is 18.2 Å². The van der Waals surface area contributed by atoms with Gasteiger partial charge in [0.25, 0.3) is 0 Å². The van der Waals surface area contributed by atoms with Crippen molar-refractivity contribution in [3.63, 3.8) is 0 Å². The van der Waals surface area contributed by atoms with Crippen molar-refractivity contribution in [1.82, 2.24) is 10.2 Å². The highest BCUT2D eigenvalue weighted by Gasteiger charge is 2.42. The molecule has 4 heteroatoms. The summed E-state index contributed by atoms with van der Waals surface area (Å²) in [5, 5.41) is 3.68. The SMILES string of the molecule is CNC(Cc1ccc(F)c(Cl)c1)C1(N(C)C)CCCC1. The zero-order valence-electron chi connectivity index (χ0n) is 12.5. The van der Waals surface area contributed by atoms with Gasteiger partial charge in [0, 0.05) is 11.6 Å². The molecule has 1 aliphatic rings. The average molecular weight is 299 g/mol. The molecule has 0 saturated heterocycles. The molecule has 0 aliphatic heterocycles. The van der Waals surface area contributed by atoms with Gasteiger partial charge in [0.1, 0.15) is 5.82 Å². The summed E-state index contributed by atoms with van der Waals surface area (Å²) < 4.78 is 13.3. The van der Waals surface area contributed by atoms with Crippen LogP contribution in [0, 0.1) is 5.82 Å². The molecule has 0 heterocycles. The summed E-state index contributed by atoms with van der Waals surface area (Å²) >= 11 is 5.89. The zero-order chi connectivity index (χ0) is 14.8. The van der Waals surface area contributed by atoms with E-state index in [1.165, 1.54) is 31.7 Å². The third-order valence-electron chi connectivity index (χ3n) is 4.78. The Hall–Kier alpha value is -0.640. The third-order valence-corrected chi connectivity index (χ3v) is 5.07. The zero-order valence-corrected chi connectivity index (χ0v) is 13.3. The Bertz CT molecular complexity index is 456. The van der Waals surface area contributed by atoms with Crippen LogP contribution in [0.25, 0.3) is 0 Å². The second-order valence-electron chi connectivity index (χ2n) is 6.00. The first-order valence-corrected chi connectivity index (χ1v) is 7.66. The standard InChI is InChI=1S/C16H24ClFN2/c1-19-15(16(20(2)3)8-4-5-9-16)11-12-6-7-14(18)13(17)10-12/h6-7,10,15,19H,4-5,8-9,11H2,1-3H3. The van der Waals surface area contributed by atoms with Gasteiger partial charge in [0.15, 0.2) is 0 Å². The first kappa shape index (κ1) is 15.7. The second-order valence-corrected chi connectivity index (χ2v) is 6.41. The van der Waals surface area contributed by atoms with E-state index in [1.807, 2.05) is 13.1 Å². The predicted molar refractivity (Wildman–Crippen MR) is 82.8 cm³/mol. The van der Waals surface area contributed by atoms with Gasteiger partial charge in [-0.05, 0) is 58.1 Å². The smallest absolute Gasteiger partial charge is 0.141 e. The van der Waals surface area contributed by atoms with E-state index >= 15 is 0 Å². The maximum Gasteiger partial charge on any atom is 0.141 e. The van der Waals surface area contributed by atoms with E-state index in [4.69, 9.17) is 11.6 Å². The second kappa shape index (κ2) is 6.42. The van der Waals surface area contributed by atoms with E-state index in [2.05, 4.69) is 24.3 Å². The Kier molecular flexibility index (Phi) is 5.05. The Morgan fingerprint density at radius 3 is 2.50 bits per heavy atom. The highest BCUT2D eigenvalue weighted by atomic mass is 35.5. The summed E-state index contributed by atoms with van der Waals surface area (Å²) in [6.45, 7) is 0. The normalized spacial score (nSPS) is 19.5. The summed E-state index contributed by atoms with van der Waals surface area (Å²) in [5.74, 6) is -0.348. The predicted octanol–water partition coefficient (Wildman–Crippen LogP) is 3.48. The van der Waals surface area contributed by atoms with Gasteiger partial charge < -0.3 is 10.2 Å². The highest BCUT2D eigenvalue weighted by Crippen LogP contribution is 2.37. The number of nitrogens with one attached hydrogen (secondary N) is 1. The lowest BCUT2D eigenvalue weighted by atomic mass is 9.83. The average Bonchev–Trinajstić information content (AvgIpc) is 2.90. The van der Waals surface area contributed by atoms with Crippen molar-refractivity contribution in [3.8, 4) is 0 Å². The molecule has 1 saturated carbocycles. The molecule has 1 fully saturated rings. The molecule has 1 N–H and O–H groups in total. The monoisotopic (exact) mass is 298 g/mol. The van der Waals surface area contributed by atoms with Crippen LogP contribution < -0.4 is 5.32 Å². The molecule has 0 radical (unpaired) electrons. The van der Waals surface area contributed by atoms with Crippen molar-refractivity contribution in [2.24, 2.45) is 0 Å². The number of halogens is 2. The Morgan fingerprint density at radius 1 is 1.35 bits per heavy atom. The highest BCUT2D eigenvalue weighted by molar-refractivity contribution is 6.30. The fraction of sp³-hybridized carbons (Fsp3) is 0.625. The number of hydrogen-bond acceptors (Lipinski definition) is 2. The maximum absolute atomic E-state index is 13.3. The Labute approximate surface area is 126 Å². The summed E-state index contributed by atoms with van der Waals surface area (Å²) in [6.07, 6.45) is 5.84. The molecule has 20 heavy (non-hydrogen) atoms. The maximum atomic E-state index is 13.3. The van der Waals surface area contributed by atoms with E-state index in [-0.39, 0.29) is 16.4 Å². The molecule has 0 spiro atoms. The minimum absolute atomic E-state index is 0.190. The Balaban J connectivity index is 2.21. The number of nitrogens with zero attached hydrogens (tertiary/aromatic N) is 1. The third kappa shape index (κ3) is 3.00. The van der Waals surface area contributed by atoms with Gasteiger partial charge in [-0.2, -0.15) is 0 Å². The minimum Gasteiger partial charge on any atom is -0.315 e. The lowest BCUT2D eigenvalue weighted by Gasteiger charge is -2.43. The first-order chi connectivity index (χ1) is 9.49. The molecule has 1 atom stereocenters. The first-order valence-electron chi connectivity index (χ1n) is 7.28. The van der Waals surface area contributed by atoms with E-state index in [9.17, 15) is 4.39 Å². The fourth-order valence-corrected chi connectivity index (χ4v) is 3.76. The molecule has 1 aliphatic carbocycles. The van der Waals surface area contributed by atoms with E-state index in [1.54, 1.807) is 6.07 Å². The number of rotatable bonds is 5. The van der Waals surface area contributed by atoms with Gasteiger partial charge in [-0.3, -0.25) is 0 Å². The Morgan fingerprint density at radius 2 is 2.00 bits per heavy atom. The summed E-state index contributed by atoms with van der Waals surface area (Å²) in [7, 11) is 6.33. The van der Waals surface area contributed by atoms with Crippen LogP contribution in [-0.4, -0.2) is 37.6 Å². The van der Waals surface area contributed by atoms with Crippen LogP contribution in [0.1, 0.15) is 31.2 Å². The lowest BCUT2D eigenvalue weighted by molar-refractivity contribution is 0.108. The minimum atomic E-state index is -0.348. The summed E-state index contributed by atoms with van der Waals surface area (Å²) in [4.78, 5) is 2.35. The van der Waals surface area contributed by atoms with Crippen LogP contribution in [0.2, 0.25) is 5.02 Å². The van der Waals surface area contributed by atoms with Crippen LogP contribution >= 0.6 is 11.6 Å². The van der Waals surface area contributed by atoms with Crippen molar-refractivity contribution in [2.45, 2.75) is 43.7 Å². The number of benzene rings is 1. The number of likely N-dealkylation sites (N-methyl/N-ethyl adjacent to an activating group) is 2. The van der Waals surface area contributed by atoms with Crippen molar-refractivity contribution in [3.05, 3.63) is 34.6 Å². The molecular formula is C16H24ClFN2. The summed E-state index contributed by atoms with van der Waals surface area (Å²) in [6, 6.07) is 5.40. The van der Waals surface area contributed by atoms with Crippen LogP contribution in [0.5, 0.6) is 0 Å². The quantitative estimate of drug-likeness (QED) is 0.895. The molecule has 1 aromatic carbocycles. The molecule has 0 amide bonds. The van der Waals surface area contributed by atoms with Crippen LogP contribution in [0.4, 0.5) is 4.39 Å². The molecular weight excluding hydrogens is 275 g/mol. The van der Waals surface area contributed by atoms with Crippen molar-refractivity contribution in [2.75, 3.05) is 21.1 Å². The molecule has 0 aromatic heterocycles. The van der Waals surface area contributed by atoms with Gasteiger partial charge in [0.2, 0.25) is 0 Å². The molecule has 0 bridgehead atoms. The van der Waals surface area contributed by atoms with E-state index in [0.29, 0.717) is 6.04 Å². The van der Waals surface area contributed by atoms with Crippen LogP contribution in [0.3, 0.4) is 0 Å². The van der Waals surface area contributed by atoms with Crippen molar-refractivity contribution >= 4 is 11.6 Å². The lowest BCUT2D eigenvalue weighted by Crippen LogP contribution is -2.57. The van der Waals surface area contributed by atoms with Crippen molar-refractivity contribution in [1.29, 1.82) is 0 Å². The van der Waals surface area contributed by atoms with Gasteiger partial charge >= 0.3 is 0 Å². The van der Waals surface area contributed by atoms with E-state index in [0.717, 1.165) is 12.0 Å². The van der Waals surface area contributed by atoms with E-state index < -0.39 is 0 Å². The topological polar surface area (TPSA) is 15.3 Å². The van der Waals surface area contributed by atoms with Gasteiger partial charge in [-0.15, -0.1) is 0 Å². The molecule has 1 unspecified atom stereocenters. The molecule has 112 valence electrons. The van der Waals surface area contributed by atoms with Crippen molar-refractivity contribution < 1.29 is 4.39 Å². The largest absolute Gasteiger partial charge is 0.315 e. The molecule has 2 nitrogen and oxygen atoms in total.